The molecule has 0 saturated carbocycles. The molecule has 0 spiro atoms. The summed E-state index contributed by atoms with van der Waals surface area (Å²) in [5.74, 6) is -1.97. The molecule has 2 rings (SSSR count). The minimum Gasteiger partial charge on any atom is -0.506 e. The summed E-state index contributed by atoms with van der Waals surface area (Å²) in [6.07, 6.45) is -4.71. The Bertz CT molecular complexity index is 496. The molecule has 0 bridgehead atoms. The molecule has 1 heterocycles. The molecule has 10 heteroatoms. The minimum absolute atomic E-state index is 0. The molecule has 0 aromatic heterocycles. The first-order valence-electron chi connectivity index (χ1n) is 6.00. The molecule has 22 heavy (non-hydrogen) atoms. The van der Waals surface area contributed by atoms with Crippen LogP contribution in [0.5, 0.6) is 5.75 Å². The predicted octanol–water partition coefficient (Wildman–Crippen LogP) is 3.54. The zero-order valence-electron chi connectivity index (χ0n) is 11.2. The highest BCUT2D eigenvalue weighted by Gasteiger charge is 2.47. The molecule has 1 aromatic rings. The van der Waals surface area contributed by atoms with Crippen LogP contribution < -0.4 is 5.32 Å². The topological polar surface area (TPSA) is 35.5 Å². The Morgan fingerprint density at radius 1 is 1.18 bits per heavy atom. The van der Waals surface area contributed by atoms with Gasteiger partial charge in [-0.2, -0.15) is 13.2 Å². The quantitative estimate of drug-likeness (QED) is 0.765. The summed E-state index contributed by atoms with van der Waals surface area (Å²) in [7, 11) is 0. The van der Waals surface area contributed by atoms with E-state index in [0.29, 0.717) is 13.1 Å². The highest BCUT2D eigenvalue weighted by Crippen LogP contribution is 2.44. The number of hydrogen-bond acceptors (Lipinski definition) is 3. The monoisotopic (exact) mass is 384 g/mol. The van der Waals surface area contributed by atoms with Crippen LogP contribution in [-0.4, -0.2) is 42.4 Å². The molecule has 1 aliphatic heterocycles. The third-order valence-corrected chi connectivity index (χ3v) is 3.52. The second kappa shape index (κ2) is 8.40. The van der Waals surface area contributed by atoms with Gasteiger partial charge in [0.2, 0.25) is 0 Å². The lowest BCUT2D eigenvalue weighted by Crippen LogP contribution is -2.49. The van der Waals surface area contributed by atoms with Gasteiger partial charge in [-0.3, -0.25) is 4.90 Å². The lowest BCUT2D eigenvalue weighted by molar-refractivity contribution is -0.189. The minimum atomic E-state index is -4.71. The number of nitrogens with zero attached hydrogens (tertiary/aromatic N) is 1. The van der Waals surface area contributed by atoms with Crippen molar-refractivity contribution in [2.45, 2.75) is 12.2 Å². The number of phenolic OH excluding ortho intramolecular Hbond substituents is 1. The van der Waals surface area contributed by atoms with Crippen LogP contribution in [0.15, 0.2) is 12.1 Å². The zero-order valence-corrected chi connectivity index (χ0v) is 13.6. The van der Waals surface area contributed by atoms with Crippen LogP contribution in [-0.2, 0) is 0 Å². The van der Waals surface area contributed by atoms with Crippen molar-refractivity contribution >= 4 is 36.4 Å². The van der Waals surface area contributed by atoms with Gasteiger partial charge in [-0.1, -0.05) is 11.6 Å². The van der Waals surface area contributed by atoms with Crippen molar-refractivity contribution < 1.29 is 22.7 Å². The zero-order chi connectivity index (χ0) is 14.9. The number of aromatic hydroxyl groups is 1. The van der Waals surface area contributed by atoms with Crippen molar-refractivity contribution in [3.05, 3.63) is 28.5 Å². The molecule has 3 nitrogen and oxygen atoms in total. The van der Waals surface area contributed by atoms with Crippen molar-refractivity contribution in [3.63, 3.8) is 0 Å². The van der Waals surface area contributed by atoms with E-state index >= 15 is 0 Å². The lowest BCUT2D eigenvalue weighted by Gasteiger charge is -2.36. The van der Waals surface area contributed by atoms with Crippen molar-refractivity contribution in [2.24, 2.45) is 0 Å². The molecular weight excluding hydrogens is 370 g/mol. The molecule has 1 aromatic carbocycles. The summed E-state index contributed by atoms with van der Waals surface area (Å²) in [4.78, 5) is 1.09. The van der Waals surface area contributed by atoms with E-state index in [2.05, 4.69) is 5.32 Å². The normalized spacial score (nSPS) is 17.3. The Labute approximate surface area is 142 Å². The third-order valence-electron chi connectivity index (χ3n) is 3.21. The summed E-state index contributed by atoms with van der Waals surface area (Å²) in [6.45, 7) is 0.955. The molecule has 0 amide bonds. The van der Waals surface area contributed by atoms with Crippen LogP contribution >= 0.6 is 36.4 Å². The van der Waals surface area contributed by atoms with Crippen LogP contribution in [0.1, 0.15) is 11.6 Å². The highest BCUT2D eigenvalue weighted by molar-refractivity contribution is 6.32. The summed E-state index contributed by atoms with van der Waals surface area (Å²) in [5, 5.41) is 12.4. The van der Waals surface area contributed by atoms with Crippen LogP contribution in [0, 0.1) is 5.82 Å². The van der Waals surface area contributed by atoms with E-state index in [-0.39, 0.29) is 42.9 Å². The van der Waals surface area contributed by atoms with E-state index in [4.69, 9.17) is 11.6 Å². The summed E-state index contributed by atoms with van der Waals surface area (Å²) < 4.78 is 53.7. The number of benzene rings is 1. The largest absolute Gasteiger partial charge is 0.506 e. The fourth-order valence-electron chi connectivity index (χ4n) is 2.31. The number of hydrogen-bond donors (Lipinski definition) is 2. The average molecular weight is 386 g/mol. The van der Waals surface area contributed by atoms with Gasteiger partial charge in [0.05, 0.1) is 10.6 Å². The van der Waals surface area contributed by atoms with Crippen LogP contribution in [0.3, 0.4) is 0 Å². The molecule has 1 aliphatic rings. The van der Waals surface area contributed by atoms with Gasteiger partial charge in [-0.15, -0.1) is 24.8 Å². The SMILES string of the molecule is Cl.Cl.Oc1c(Cl)ccc(F)c1[C@@H](N1CCNCC1)C(F)(F)F. The van der Waals surface area contributed by atoms with E-state index in [1.54, 1.807) is 0 Å². The van der Waals surface area contributed by atoms with E-state index in [0.717, 1.165) is 17.0 Å². The number of phenols is 1. The Balaban J connectivity index is 0.00000220. The van der Waals surface area contributed by atoms with Crippen molar-refractivity contribution in [3.8, 4) is 5.75 Å². The first-order chi connectivity index (χ1) is 9.32. The molecule has 2 N–H and O–H groups in total. The fourth-order valence-corrected chi connectivity index (χ4v) is 2.48. The second-order valence-corrected chi connectivity index (χ2v) is 4.93. The van der Waals surface area contributed by atoms with Crippen LogP contribution in [0.2, 0.25) is 5.02 Å². The summed E-state index contributed by atoms with van der Waals surface area (Å²) in [5.41, 5.74) is -0.813. The average Bonchev–Trinajstić information content (AvgIpc) is 2.39. The van der Waals surface area contributed by atoms with Gasteiger partial charge in [0.25, 0.3) is 0 Å². The van der Waals surface area contributed by atoms with E-state index < -0.39 is 29.3 Å². The van der Waals surface area contributed by atoms with E-state index in [1.807, 2.05) is 0 Å². The van der Waals surface area contributed by atoms with Gasteiger partial charge < -0.3 is 10.4 Å². The number of halogens is 7. The summed E-state index contributed by atoms with van der Waals surface area (Å²) >= 11 is 5.60. The molecule has 0 unspecified atom stereocenters. The predicted molar refractivity (Wildman–Crippen MR) is 80.8 cm³/mol. The van der Waals surface area contributed by atoms with Gasteiger partial charge in [0, 0.05) is 26.2 Å². The molecule has 1 saturated heterocycles. The maximum atomic E-state index is 13.8. The first kappa shape index (κ1) is 21.5. The van der Waals surface area contributed by atoms with Crippen molar-refractivity contribution in [1.29, 1.82) is 0 Å². The molecular formula is C12H15Cl3F4N2O. The maximum absolute atomic E-state index is 13.8. The molecule has 128 valence electrons. The molecule has 1 fully saturated rings. The number of rotatable bonds is 2. The Kier molecular flexibility index (Phi) is 8.22. The first-order valence-corrected chi connectivity index (χ1v) is 6.38. The lowest BCUT2D eigenvalue weighted by atomic mass is 10.0. The highest BCUT2D eigenvalue weighted by atomic mass is 35.5. The Morgan fingerprint density at radius 2 is 1.73 bits per heavy atom. The van der Waals surface area contributed by atoms with Gasteiger partial charge in [0.15, 0.2) is 0 Å². The number of nitrogens with one attached hydrogen (secondary N) is 1. The number of alkyl halides is 3. The van der Waals surface area contributed by atoms with Crippen molar-refractivity contribution in [1.82, 2.24) is 10.2 Å². The molecule has 1 atom stereocenters. The summed E-state index contributed by atoms with van der Waals surface area (Å²) in [6, 6.07) is -0.345. The smallest absolute Gasteiger partial charge is 0.408 e. The molecule has 0 aliphatic carbocycles. The van der Waals surface area contributed by atoms with Crippen molar-refractivity contribution in [2.75, 3.05) is 26.2 Å². The second-order valence-electron chi connectivity index (χ2n) is 4.52. The van der Waals surface area contributed by atoms with Gasteiger partial charge in [-0.05, 0) is 12.1 Å². The van der Waals surface area contributed by atoms with E-state index in [1.165, 1.54) is 0 Å². The van der Waals surface area contributed by atoms with Crippen LogP contribution in [0.25, 0.3) is 0 Å². The fraction of sp³-hybridized carbons (Fsp3) is 0.500. The van der Waals surface area contributed by atoms with Crippen LogP contribution in [0.4, 0.5) is 17.6 Å². The Hall–Kier alpha value is -0.470. The maximum Gasteiger partial charge on any atom is 0.408 e. The van der Waals surface area contributed by atoms with Gasteiger partial charge in [0.1, 0.15) is 17.6 Å². The number of piperazine rings is 1. The van der Waals surface area contributed by atoms with Gasteiger partial charge >= 0.3 is 6.18 Å². The molecule has 0 radical (unpaired) electrons. The van der Waals surface area contributed by atoms with E-state index in [9.17, 15) is 22.7 Å². The van der Waals surface area contributed by atoms with Gasteiger partial charge in [-0.25, -0.2) is 4.39 Å². The Morgan fingerprint density at radius 3 is 2.23 bits per heavy atom. The standard InChI is InChI=1S/C12H13ClF4N2O.2ClH/c13-7-1-2-8(14)9(10(7)20)11(12(15,16)17)19-5-3-18-4-6-19;;/h1-2,11,18,20H,3-6H2;2*1H/t11-;;/m1../s1. The third kappa shape index (κ3) is 4.52.